The van der Waals surface area contributed by atoms with Crippen LogP contribution >= 0.6 is 0 Å². The summed E-state index contributed by atoms with van der Waals surface area (Å²) in [6.45, 7) is 1.59. The Morgan fingerprint density at radius 3 is 2.71 bits per heavy atom. The number of hydrogen-bond donors (Lipinski definition) is 3. The summed E-state index contributed by atoms with van der Waals surface area (Å²) in [5.41, 5.74) is -0.114. The van der Waals surface area contributed by atoms with Crippen LogP contribution in [0.4, 0.5) is 19.3 Å². The number of halogens is 2. The van der Waals surface area contributed by atoms with E-state index in [2.05, 4.69) is 10.6 Å². The third kappa shape index (κ3) is 3.99. The Hall–Kier alpha value is -1.69. The molecule has 4 nitrogen and oxygen atoms in total. The molecule has 0 saturated carbocycles. The topological polar surface area (TPSA) is 61.4 Å². The Kier molecular flexibility index (Phi) is 4.84. The molecule has 6 heteroatoms. The maximum Gasteiger partial charge on any atom is 0.319 e. The van der Waals surface area contributed by atoms with Gasteiger partial charge in [-0.05, 0) is 18.6 Å². The molecule has 0 bridgehead atoms. The van der Waals surface area contributed by atoms with Crippen LogP contribution in [0.2, 0.25) is 0 Å². The average molecular weight is 244 g/mol. The van der Waals surface area contributed by atoms with Crippen LogP contribution in [0.3, 0.4) is 0 Å². The molecule has 1 rings (SSSR count). The van der Waals surface area contributed by atoms with Crippen molar-refractivity contribution in [3.8, 4) is 0 Å². The van der Waals surface area contributed by atoms with Crippen LogP contribution in [-0.2, 0) is 0 Å². The third-order valence-corrected chi connectivity index (χ3v) is 2.23. The lowest BCUT2D eigenvalue weighted by molar-refractivity contribution is 0.222. The number of carbonyl (C=O) groups is 1. The number of benzene rings is 1. The third-order valence-electron chi connectivity index (χ3n) is 2.23. The number of rotatable bonds is 4. The molecule has 0 aliphatic carbocycles. The van der Waals surface area contributed by atoms with Crippen molar-refractivity contribution in [2.24, 2.45) is 0 Å². The van der Waals surface area contributed by atoms with E-state index < -0.39 is 23.7 Å². The van der Waals surface area contributed by atoms with Crippen molar-refractivity contribution in [3.05, 3.63) is 29.8 Å². The van der Waals surface area contributed by atoms with Gasteiger partial charge in [-0.3, -0.25) is 0 Å². The molecule has 0 aliphatic rings. The number of hydrogen-bond acceptors (Lipinski definition) is 2. The van der Waals surface area contributed by atoms with Crippen LogP contribution in [0.1, 0.15) is 13.3 Å². The Morgan fingerprint density at radius 2 is 2.18 bits per heavy atom. The highest BCUT2D eigenvalue weighted by atomic mass is 19.1. The van der Waals surface area contributed by atoms with E-state index in [4.69, 9.17) is 5.11 Å². The van der Waals surface area contributed by atoms with Crippen molar-refractivity contribution in [1.82, 2.24) is 5.32 Å². The monoisotopic (exact) mass is 244 g/mol. The molecule has 0 aromatic heterocycles. The van der Waals surface area contributed by atoms with Gasteiger partial charge in [-0.1, -0.05) is 6.92 Å². The second-order valence-corrected chi connectivity index (χ2v) is 3.51. The van der Waals surface area contributed by atoms with Crippen molar-refractivity contribution in [3.63, 3.8) is 0 Å². The number of anilines is 1. The van der Waals surface area contributed by atoms with Crippen LogP contribution < -0.4 is 10.6 Å². The Morgan fingerprint density at radius 1 is 1.47 bits per heavy atom. The highest BCUT2D eigenvalue weighted by molar-refractivity contribution is 5.89. The van der Waals surface area contributed by atoms with Crippen LogP contribution in [0.15, 0.2) is 18.2 Å². The normalized spacial score (nSPS) is 12.0. The fraction of sp³-hybridized carbons (Fsp3) is 0.364. The van der Waals surface area contributed by atoms with E-state index in [0.717, 1.165) is 12.1 Å². The minimum absolute atomic E-state index is 0.114. The van der Waals surface area contributed by atoms with Gasteiger partial charge >= 0.3 is 6.03 Å². The molecule has 0 radical (unpaired) electrons. The number of aliphatic hydroxyl groups is 1. The van der Waals surface area contributed by atoms with Crippen molar-refractivity contribution in [2.75, 3.05) is 11.9 Å². The first kappa shape index (κ1) is 13.4. The minimum atomic E-state index is -0.850. The maximum atomic E-state index is 13.2. The maximum absolute atomic E-state index is 13.2. The van der Waals surface area contributed by atoms with Crippen molar-refractivity contribution in [1.29, 1.82) is 0 Å². The number of urea groups is 1. The number of aliphatic hydroxyl groups excluding tert-OH is 1. The fourth-order valence-electron chi connectivity index (χ4n) is 1.21. The van der Waals surface area contributed by atoms with E-state index in [1.807, 2.05) is 0 Å². The van der Waals surface area contributed by atoms with E-state index in [1.165, 1.54) is 0 Å². The first-order valence-corrected chi connectivity index (χ1v) is 5.20. The summed E-state index contributed by atoms with van der Waals surface area (Å²) in [4.78, 5) is 11.4. The lowest BCUT2D eigenvalue weighted by atomic mass is 10.2. The van der Waals surface area contributed by atoms with Gasteiger partial charge in [-0.15, -0.1) is 0 Å². The molecule has 1 aromatic rings. The standard InChI is InChI=1S/C11H14F2N2O2/c1-2-8(6-16)14-11(17)15-10-4-3-7(12)5-9(10)13/h3-5,8,16H,2,6H2,1H3,(H2,14,15,17). The van der Waals surface area contributed by atoms with E-state index in [9.17, 15) is 13.6 Å². The zero-order valence-electron chi connectivity index (χ0n) is 9.34. The highest BCUT2D eigenvalue weighted by Crippen LogP contribution is 2.14. The van der Waals surface area contributed by atoms with E-state index in [0.29, 0.717) is 12.5 Å². The molecule has 0 saturated heterocycles. The molecule has 0 heterocycles. The number of nitrogens with one attached hydrogen (secondary N) is 2. The zero-order valence-corrected chi connectivity index (χ0v) is 9.34. The second kappa shape index (κ2) is 6.15. The van der Waals surface area contributed by atoms with Gasteiger partial charge in [0, 0.05) is 6.07 Å². The molecule has 0 spiro atoms. The summed E-state index contributed by atoms with van der Waals surface area (Å²) >= 11 is 0. The van der Waals surface area contributed by atoms with Gasteiger partial charge < -0.3 is 15.7 Å². The quantitative estimate of drug-likeness (QED) is 0.757. The molecule has 3 N–H and O–H groups in total. The highest BCUT2D eigenvalue weighted by Gasteiger charge is 2.11. The van der Waals surface area contributed by atoms with Crippen molar-refractivity contribution >= 4 is 11.7 Å². The first-order valence-electron chi connectivity index (χ1n) is 5.20. The van der Waals surface area contributed by atoms with Crippen molar-refractivity contribution < 1.29 is 18.7 Å². The Labute approximate surface area is 97.6 Å². The van der Waals surface area contributed by atoms with Gasteiger partial charge in [-0.25, -0.2) is 13.6 Å². The lowest BCUT2D eigenvalue weighted by Gasteiger charge is -2.14. The molecule has 0 aliphatic heterocycles. The van der Waals surface area contributed by atoms with E-state index >= 15 is 0 Å². The summed E-state index contributed by atoms with van der Waals surface area (Å²) in [5, 5.41) is 13.5. The van der Waals surface area contributed by atoms with Gasteiger partial charge in [0.15, 0.2) is 0 Å². The Bertz CT molecular complexity index is 395. The molecule has 1 atom stereocenters. The largest absolute Gasteiger partial charge is 0.394 e. The molecule has 2 amide bonds. The van der Waals surface area contributed by atoms with E-state index in [-0.39, 0.29) is 12.3 Å². The molecular formula is C11H14F2N2O2. The van der Waals surface area contributed by atoms with Crippen LogP contribution in [-0.4, -0.2) is 23.8 Å². The fourth-order valence-corrected chi connectivity index (χ4v) is 1.21. The molecular weight excluding hydrogens is 230 g/mol. The molecule has 1 aromatic carbocycles. The van der Waals surface area contributed by atoms with Gasteiger partial charge in [0.1, 0.15) is 11.6 Å². The average Bonchev–Trinajstić information content (AvgIpc) is 2.29. The molecule has 94 valence electrons. The summed E-state index contributed by atoms with van der Waals surface area (Å²) < 4.78 is 25.8. The van der Waals surface area contributed by atoms with E-state index in [1.54, 1.807) is 6.92 Å². The van der Waals surface area contributed by atoms with Gasteiger partial charge in [0.25, 0.3) is 0 Å². The number of amides is 2. The predicted molar refractivity (Wildman–Crippen MR) is 59.7 cm³/mol. The summed E-state index contributed by atoms with van der Waals surface area (Å²) in [6.07, 6.45) is 0.551. The summed E-state index contributed by atoms with van der Waals surface area (Å²) in [6, 6.07) is 1.82. The zero-order chi connectivity index (χ0) is 12.8. The summed E-state index contributed by atoms with van der Waals surface area (Å²) in [7, 11) is 0. The Balaban J connectivity index is 2.62. The number of carbonyl (C=O) groups excluding carboxylic acids is 1. The van der Waals surface area contributed by atoms with Gasteiger partial charge in [0.05, 0.1) is 18.3 Å². The lowest BCUT2D eigenvalue weighted by Crippen LogP contribution is -2.39. The predicted octanol–water partition coefficient (Wildman–Crippen LogP) is 1.86. The molecule has 1 unspecified atom stereocenters. The smallest absolute Gasteiger partial charge is 0.319 e. The first-order chi connectivity index (χ1) is 8.06. The summed E-state index contributed by atoms with van der Waals surface area (Å²) in [5.74, 6) is -1.56. The van der Waals surface area contributed by atoms with Crippen LogP contribution in [0.25, 0.3) is 0 Å². The van der Waals surface area contributed by atoms with Crippen LogP contribution in [0.5, 0.6) is 0 Å². The van der Waals surface area contributed by atoms with Gasteiger partial charge in [-0.2, -0.15) is 0 Å². The van der Waals surface area contributed by atoms with Crippen LogP contribution in [0, 0.1) is 11.6 Å². The molecule has 17 heavy (non-hydrogen) atoms. The van der Waals surface area contributed by atoms with Gasteiger partial charge in [0.2, 0.25) is 0 Å². The minimum Gasteiger partial charge on any atom is -0.394 e. The SMILES string of the molecule is CCC(CO)NC(=O)Nc1ccc(F)cc1F. The molecule has 0 fully saturated rings. The second-order valence-electron chi connectivity index (χ2n) is 3.51. The van der Waals surface area contributed by atoms with Crippen molar-refractivity contribution in [2.45, 2.75) is 19.4 Å².